The number of rotatable bonds is 8. The molecule has 0 aliphatic carbocycles. The van der Waals surface area contributed by atoms with E-state index >= 15 is 0 Å². The van der Waals surface area contributed by atoms with Gasteiger partial charge in [0, 0.05) is 13.6 Å². The Kier molecular flexibility index (Phi) is 6.41. The molecule has 1 atom stereocenters. The molecule has 6 nitrogen and oxygen atoms in total. The number of aliphatic hydroxyl groups excluding tert-OH is 1. The molecule has 0 saturated carbocycles. The first-order chi connectivity index (χ1) is 11.9. The fourth-order valence-electron chi connectivity index (χ4n) is 2.33. The highest BCUT2D eigenvalue weighted by molar-refractivity contribution is 7.89. The summed E-state index contributed by atoms with van der Waals surface area (Å²) in [6.07, 6.45) is -0.937. The van der Waals surface area contributed by atoms with E-state index < -0.39 is 16.1 Å². The fraction of sp³-hybridized carbons (Fsp3) is 0.333. The average Bonchev–Trinajstić information content (AvgIpc) is 2.62. The molecule has 0 aliphatic heterocycles. The smallest absolute Gasteiger partial charge is 0.242 e. The number of hydrogen-bond acceptors (Lipinski definition) is 5. The van der Waals surface area contributed by atoms with Crippen molar-refractivity contribution in [2.45, 2.75) is 17.9 Å². The number of hydrogen-bond donors (Lipinski definition) is 1. The van der Waals surface area contributed by atoms with E-state index in [4.69, 9.17) is 9.47 Å². The Hall–Kier alpha value is -2.09. The summed E-state index contributed by atoms with van der Waals surface area (Å²) in [7, 11) is -0.692. The molecule has 1 unspecified atom stereocenters. The predicted octanol–water partition coefficient (Wildman–Crippen LogP) is 2.45. The van der Waals surface area contributed by atoms with E-state index in [-0.39, 0.29) is 11.4 Å². The third-order valence-corrected chi connectivity index (χ3v) is 5.61. The molecule has 0 amide bonds. The minimum atomic E-state index is -3.69. The second kappa shape index (κ2) is 8.33. The number of aliphatic hydroxyl groups is 1. The van der Waals surface area contributed by atoms with Crippen molar-refractivity contribution in [3.63, 3.8) is 0 Å². The summed E-state index contributed by atoms with van der Waals surface area (Å²) in [6.45, 7) is 2.32. The highest BCUT2D eigenvalue weighted by Crippen LogP contribution is 2.22. The molecule has 0 bridgehead atoms. The molecule has 0 aliphatic rings. The molecular formula is C18H23NO5S. The SMILES string of the molecule is CCOc1ccc(S(=O)(=O)N(C)CC(O)c2ccc(OC)cc2)cc1. The largest absolute Gasteiger partial charge is 0.497 e. The van der Waals surface area contributed by atoms with Crippen LogP contribution in [0, 0.1) is 0 Å². The number of ether oxygens (including phenoxy) is 2. The second-order valence-electron chi connectivity index (χ2n) is 5.48. The maximum absolute atomic E-state index is 12.6. The monoisotopic (exact) mass is 365 g/mol. The average molecular weight is 365 g/mol. The van der Waals surface area contributed by atoms with Crippen LogP contribution in [0.4, 0.5) is 0 Å². The van der Waals surface area contributed by atoms with Crippen molar-refractivity contribution >= 4 is 10.0 Å². The number of likely N-dealkylation sites (N-methyl/N-ethyl adjacent to an activating group) is 1. The van der Waals surface area contributed by atoms with Crippen molar-refractivity contribution in [3.8, 4) is 11.5 Å². The summed E-state index contributed by atoms with van der Waals surface area (Å²) in [4.78, 5) is 0.153. The summed E-state index contributed by atoms with van der Waals surface area (Å²) in [5.41, 5.74) is 0.620. The van der Waals surface area contributed by atoms with Crippen molar-refractivity contribution in [1.82, 2.24) is 4.31 Å². The molecule has 0 spiro atoms. The summed E-state index contributed by atoms with van der Waals surface area (Å²) in [5.74, 6) is 1.29. The molecular weight excluding hydrogens is 342 g/mol. The van der Waals surface area contributed by atoms with Gasteiger partial charge in [-0.25, -0.2) is 8.42 Å². The molecule has 0 heterocycles. The number of methoxy groups -OCH3 is 1. The second-order valence-corrected chi connectivity index (χ2v) is 7.52. The molecule has 0 aromatic heterocycles. The first kappa shape index (κ1) is 19.2. The Labute approximate surface area is 148 Å². The van der Waals surface area contributed by atoms with Gasteiger partial charge >= 0.3 is 0 Å². The summed E-state index contributed by atoms with van der Waals surface area (Å²) in [6, 6.07) is 13.1. The summed E-state index contributed by atoms with van der Waals surface area (Å²) >= 11 is 0. The van der Waals surface area contributed by atoms with Crippen LogP contribution < -0.4 is 9.47 Å². The molecule has 1 N–H and O–H groups in total. The van der Waals surface area contributed by atoms with Gasteiger partial charge in [-0.1, -0.05) is 12.1 Å². The van der Waals surface area contributed by atoms with Crippen molar-refractivity contribution < 1.29 is 23.0 Å². The molecule has 25 heavy (non-hydrogen) atoms. The third-order valence-electron chi connectivity index (χ3n) is 3.77. The first-order valence-electron chi connectivity index (χ1n) is 7.89. The molecule has 2 rings (SSSR count). The Morgan fingerprint density at radius 2 is 1.60 bits per heavy atom. The Balaban J connectivity index is 2.10. The van der Waals surface area contributed by atoms with E-state index in [1.54, 1.807) is 43.5 Å². The molecule has 0 radical (unpaired) electrons. The van der Waals surface area contributed by atoms with E-state index in [2.05, 4.69) is 0 Å². The van der Waals surface area contributed by atoms with Crippen LogP contribution in [0.15, 0.2) is 53.4 Å². The molecule has 0 saturated heterocycles. The van der Waals surface area contributed by atoms with Gasteiger partial charge in [-0.05, 0) is 48.9 Å². The van der Waals surface area contributed by atoms with E-state index in [1.165, 1.54) is 19.2 Å². The molecule has 0 fully saturated rings. The lowest BCUT2D eigenvalue weighted by molar-refractivity contribution is 0.155. The highest BCUT2D eigenvalue weighted by Gasteiger charge is 2.23. The normalized spacial score (nSPS) is 12.8. The first-order valence-corrected chi connectivity index (χ1v) is 9.33. The van der Waals surface area contributed by atoms with Gasteiger partial charge in [0.1, 0.15) is 11.5 Å². The predicted molar refractivity (Wildman–Crippen MR) is 95.4 cm³/mol. The maximum atomic E-state index is 12.6. The van der Waals surface area contributed by atoms with Crippen LogP contribution >= 0.6 is 0 Å². The van der Waals surface area contributed by atoms with Gasteiger partial charge < -0.3 is 14.6 Å². The Bertz CT molecular complexity index is 772. The van der Waals surface area contributed by atoms with Crippen molar-refractivity contribution in [2.75, 3.05) is 27.3 Å². The van der Waals surface area contributed by atoms with Crippen LogP contribution in [0.25, 0.3) is 0 Å². The van der Waals surface area contributed by atoms with Gasteiger partial charge in [0.15, 0.2) is 0 Å². The zero-order valence-corrected chi connectivity index (χ0v) is 15.4. The lowest BCUT2D eigenvalue weighted by Gasteiger charge is -2.21. The number of sulfonamides is 1. The maximum Gasteiger partial charge on any atom is 0.242 e. The van der Waals surface area contributed by atoms with Gasteiger partial charge in [-0.15, -0.1) is 0 Å². The molecule has 2 aromatic carbocycles. The zero-order valence-electron chi connectivity index (χ0n) is 14.5. The van der Waals surface area contributed by atoms with Gasteiger partial charge in [0.05, 0.1) is 24.7 Å². The van der Waals surface area contributed by atoms with Crippen molar-refractivity contribution in [2.24, 2.45) is 0 Å². The quantitative estimate of drug-likeness (QED) is 0.778. The van der Waals surface area contributed by atoms with Crippen LogP contribution in [0.3, 0.4) is 0 Å². The minimum Gasteiger partial charge on any atom is -0.497 e. The van der Waals surface area contributed by atoms with E-state index in [9.17, 15) is 13.5 Å². The number of benzene rings is 2. The standard InChI is InChI=1S/C18H23NO5S/c1-4-24-16-9-11-17(12-10-16)25(21,22)19(2)13-18(20)14-5-7-15(23-3)8-6-14/h5-12,18,20H,4,13H2,1-3H3. The molecule has 136 valence electrons. The zero-order chi connectivity index (χ0) is 18.4. The van der Waals surface area contributed by atoms with Crippen molar-refractivity contribution in [1.29, 1.82) is 0 Å². The molecule has 2 aromatic rings. The minimum absolute atomic E-state index is 0.0537. The van der Waals surface area contributed by atoms with Crippen LogP contribution in [0.2, 0.25) is 0 Å². The Morgan fingerprint density at radius 1 is 1.04 bits per heavy atom. The lowest BCUT2D eigenvalue weighted by atomic mass is 10.1. The van der Waals surface area contributed by atoms with E-state index in [0.29, 0.717) is 23.7 Å². The van der Waals surface area contributed by atoms with E-state index in [1.807, 2.05) is 6.92 Å². The van der Waals surface area contributed by atoms with Crippen LogP contribution in [0.1, 0.15) is 18.6 Å². The van der Waals surface area contributed by atoms with Gasteiger partial charge in [0.2, 0.25) is 10.0 Å². The third kappa shape index (κ3) is 4.72. The lowest BCUT2D eigenvalue weighted by Crippen LogP contribution is -2.31. The Morgan fingerprint density at radius 3 is 2.12 bits per heavy atom. The van der Waals surface area contributed by atoms with Crippen LogP contribution in [-0.2, 0) is 10.0 Å². The fourth-order valence-corrected chi connectivity index (χ4v) is 3.50. The summed E-state index contributed by atoms with van der Waals surface area (Å²) in [5, 5.41) is 10.3. The topological polar surface area (TPSA) is 76.1 Å². The van der Waals surface area contributed by atoms with Crippen LogP contribution in [-0.4, -0.2) is 45.1 Å². The van der Waals surface area contributed by atoms with Crippen LogP contribution in [0.5, 0.6) is 11.5 Å². The van der Waals surface area contributed by atoms with Gasteiger partial charge in [-0.3, -0.25) is 0 Å². The van der Waals surface area contributed by atoms with E-state index in [0.717, 1.165) is 4.31 Å². The number of nitrogens with zero attached hydrogens (tertiary/aromatic N) is 1. The van der Waals surface area contributed by atoms with Gasteiger partial charge in [0.25, 0.3) is 0 Å². The molecule has 7 heteroatoms. The highest BCUT2D eigenvalue weighted by atomic mass is 32.2. The van der Waals surface area contributed by atoms with Crippen molar-refractivity contribution in [3.05, 3.63) is 54.1 Å². The summed E-state index contributed by atoms with van der Waals surface area (Å²) < 4.78 is 36.8. The van der Waals surface area contributed by atoms with Gasteiger partial charge in [-0.2, -0.15) is 4.31 Å².